The molecule has 102 valence electrons. The summed E-state index contributed by atoms with van der Waals surface area (Å²) in [6.45, 7) is 0. The Morgan fingerprint density at radius 3 is 1.56 bits per heavy atom. The topological polar surface area (TPSA) is 194 Å². The summed E-state index contributed by atoms with van der Waals surface area (Å²) in [7, 11) is -5.82. The molecule has 0 saturated heterocycles. The van der Waals surface area contributed by atoms with Gasteiger partial charge in [-0.25, -0.2) is 0 Å². The van der Waals surface area contributed by atoms with E-state index in [-0.39, 0.29) is 19.5 Å². The minimum Gasteiger partial charge on any atom is -0.790 e. The predicted octanol–water partition coefficient (Wildman–Crippen LogP) is -5.66. The quantitative estimate of drug-likeness (QED) is 0.160. The van der Waals surface area contributed by atoms with Crippen LogP contribution in [0.15, 0.2) is 0 Å². The van der Waals surface area contributed by atoms with Crippen molar-refractivity contribution in [1.29, 1.82) is 0 Å². The van der Waals surface area contributed by atoms with Crippen LogP contribution >= 0.6 is 7.82 Å². The van der Waals surface area contributed by atoms with Gasteiger partial charge in [-0.3, -0.25) is 0 Å². The molecule has 0 bridgehead atoms. The van der Waals surface area contributed by atoms with Gasteiger partial charge in [0.2, 0.25) is 5.79 Å². The second-order valence-electron chi connectivity index (χ2n) is 3.65. The van der Waals surface area contributed by atoms with Crippen molar-refractivity contribution in [3.8, 4) is 0 Å². The fraction of sp³-hybridized carbons (Fsp3) is 1.00. The molecule has 18 heavy (non-hydrogen) atoms. The van der Waals surface area contributed by atoms with E-state index in [0.717, 1.165) is 0 Å². The Balaban J connectivity index is 0.00000289. The Labute approximate surface area is 113 Å². The Morgan fingerprint density at radius 2 is 1.28 bits per heavy atom. The molecule has 2 unspecified atom stereocenters. The molecule has 6 N–H and O–H groups in total. The third-order valence-electron chi connectivity index (χ3n) is 2.45. The Morgan fingerprint density at radius 1 is 0.944 bits per heavy atom. The van der Waals surface area contributed by atoms with E-state index in [1.807, 2.05) is 0 Å². The summed E-state index contributed by atoms with van der Waals surface area (Å²) in [5, 5.41) is 55.4. The van der Waals surface area contributed by atoms with Crippen molar-refractivity contribution < 1.29 is 69.0 Å². The summed E-state index contributed by atoms with van der Waals surface area (Å²) < 4.78 is 13.9. The minimum atomic E-state index is -5.82. The number of aliphatic hydroxyl groups is 6. The maximum Gasteiger partial charge on any atom is 2.00 e. The molecule has 1 rings (SSSR count). The van der Waals surface area contributed by atoms with Gasteiger partial charge >= 0.3 is 19.5 Å². The van der Waals surface area contributed by atoms with E-state index in [2.05, 4.69) is 4.52 Å². The van der Waals surface area contributed by atoms with Crippen LogP contribution in [0.3, 0.4) is 0 Å². The zero-order valence-corrected chi connectivity index (χ0v) is 12.7. The van der Waals surface area contributed by atoms with Crippen molar-refractivity contribution in [2.45, 2.75) is 36.3 Å². The van der Waals surface area contributed by atoms with Gasteiger partial charge < -0.3 is 49.5 Å². The monoisotopic (exact) mass is 338 g/mol. The summed E-state index contributed by atoms with van der Waals surface area (Å²) in [5.74, 6) is -3.43. The SMILES string of the molecule is O=P([O-])([O-])OC1(O)[C@H](O)[C@H](O)C(O)[C@H](O)[C@H]1O.[Zn+2]. The van der Waals surface area contributed by atoms with Gasteiger partial charge in [-0.1, -0.05) is 0 Å². The zero-order chi connectivity index (χ0) is 13.6. The van der Waals surface area contributed by atoms with Gasteiger partial charge in [0.15, 0.2) is 0 Å². The Kier molecular flexibility index (Phi) is 6.02. The van der Waals surface area contributed by atoms with Crippen LogP contribution in [0.4, 0.5) is 0 Å². The van der Waals surface area contributed by atoms with Crippen LogP contribution in [0.5, 0.6) is 0 Å². The van der Waals surface area contributed by atoms with Crippen molar-refractivity contribution in [3.63, 3.8) is 0 Å². The smallest absolute Gasteiger partial charge is 0.790 e. The van der Waals surface area contributed by atoms with Crippen molar-refractivity contribution in [2.75, 3.05) is 0 Å². The van der Waals surface area contributed by atoms with Crippen LogP contribution in [0.2, 0.25) is 0 Å². The molecule has 0 amide bonds. The van der Waals surface area contributed by atoms with Crippen LogP contribution in [-0.4, -0.2) is 66.9 Å². The fourth-order valence-corrected chi connectivity index (χ4v) is 2.10. The van der Waals surface area contributed by atoms with Crippen molar-refractivity contribution >= 4 is 7.82 Å². The van der Waals surface area contributed by atoms with E-state index in [1.165, 1.54) is 0 Å². The maximum atomic E-state index is 10.3. The van der Waals surface area contributed by atoms with Gasteiger partial charge in [-0.05, 0) is 0 Å². The molecule has 0 radical (unpaired) electrons. The van der Waals surface area contributed by atoms with Crippen LogP contribution in [0, 0.1) is 0 Å². The number of phosphoric acid groups is 1. The largest absolute Gasteiger partial charge is 2.00 e. The first kappa shape index (κ1) is 18.5. The third kappa shape index (κ3) is 3.33. The standard InChI is InChI=1S/C6H13O10P.Zn/c7-1-2(8)4(10)6(12,5(11)3(1)9)16-17(13,14)15;/h1-5,7-12H,(H2,13,14,15);/q;+2/p-2/t1?,2-,3+,4-,5-,6?;/m1./s1. The second kappa shape index (κ2) is 5.86. The molecule has 0 aliphatic heterocycles. The van der Waals surface area contributed by atoms with Crippen LogP contribution in [0.1, 0.15) is 0 Å². The van der Waals surface area contributed by atoms with Crippen LogP contribution < -0.4 is 9.79 Å². The molecule has 1 saturated carbocycles. The first-order chi connectivity index (χ1) is 7.50. The third-order valence-corrected chi connectivity index (χ3v) is 2.97. The molecule has 12 heteroatoms. The van der Waals surface area contributed by atoms with Gasteiger partial charge in [0.05, 0.1) is 7.82 Å². The first-order valence-electron chi connectivity index (χ1n) is 4.36. The summed E-state index contributed by atoms with van der Waals surface area (Å²) >= 11 is 0. The van der Waals surface area contributed by atoms with E-state index in [9.17, 15) is 29.7 Å². The average Bonchev–Trinajstić information content (AvgIpc) is 2.19. The van der Waals surface area contributed by atoms with Gasteiger partial charge in [-0.2, -0.15) is 0 Å². The number of aliphatic hydroxyl groups excluding tert-OH is 5. The van der Waals surface area contributed by atoms with Crippen molar-refractivity contribution in [2.24, 2.45) is 0 Å². The van der Waals surface area contributed by atoms with E-state index in [1.54, 1.807) is 0 Å². The summed E-state index contributed by atoms with van der Waals surface area (Å²) in [4.78, 5) is 20.7. The number of hydrogen-bond acceptors (Lipinski definition) is 10. The molecular formula is C6H11O10PZn. The molecule has 1 aliphatic rings. The molecular weight excluding hydrogens is 328 g/mol. The number of hydrogen-bond donors (Lipinski definition) is 6. The fourth-order valence-electron chi connectivity index (χ4n) is 1.53. The molecule has 0 spiro atoms. The number of phosphoric ester groups is 1. The Bertz CT molecular complexity index is 316. The van der Waals surface area contributed by atoms with Gasteiger partial charge in [0.1, 0.15) is 30.5 Å². The van der Waals surface area contributed by atoms with Crippen molar-refractivity contribution in [3.05, 3.63) is 0 Å². The summed E-state index contributed by atoms with van der Waals surface area (Å²) in [6.07, 6.45) is -11.5. The molecule has 0 aromatic rings. The first-order valence-corrected chi connectivity index (χ1v) is 5.82. The van der Waals surface area contributed by atoms with E-state index < -0.39 is 44.1 Å². The molecule has 6 atom stereocenters. The summed E-state index contributed by atoms with van der Waals surface area (Å²) in [5.41, 5.74) is 0. The van der Waals surface area contributed by atoms with Crippen LogP contribution in [-0.2, 0) is 28.6 Å². The molecule has 1 aliphatic carbocycles. The minimum absolute atomic E-state index is 0. The number of rotatable bonds is 2. The Hall–Kier alpha value is 0.493. The molecule has 10 nitrogen and oxygen atoms in total. The van der Waals surface area contributed by atoms with E-state index in [0.29, 0.717) is 0 Å². The normalized spacial score (nSPS) is 45.4. The van der Waals surface area contributed by atoms with E-state index >= 15 is 0 Å². The molecule has 0 aromatic carbocycles. The molecule has 1 fully saturated rings. The van der Waals surface area contributed by atoms with E-state index in [4.69, 9.17) is 15.3 Å². The predicted molar refractivity (Wildman–Crippen MR) is 43.7 cm³/mol. The summed E-state index contributed by atoms with van der Waals surface area (Å²) in [6, 6.07) is 0. The molecule has 0 aromatic heterocycles. The van der Waals surface area contributed by atoms with Gasteiger partial charge in [0.25, 0.3) is 0 Å². The zero-order valence-electron chi connectivity index (χ0n) is 8.86. The second-order valence-corrected chi connectivity index (χ2v) is 4.73. The van der Waals surface area contributed by atoms with Crippen molar-refractivity contribution in [1.82, 2.24) is 0 Å². The average molecular weight is 340 g/mol. The maximum absolute atomic E-state index is 10.3. The molecule has 0 heterocycles. The van der Waals surface area contributed by atoms with Gasteiger partial charge in [-0.15, -0.1) is 0 Å². The van der Waals surface area contributed by atoms with Crippen LogP contribution in [0.25, 0.3) is 0 Å². The van der Waals surface area contributed by atoms with Gasteiger partial charge in [0, 0.05) is 0 Å².